The average molecular weight is 265 g/mol. The van der Waals surface area contributed by atoms with E-state index in [4.69, 9.17) is 0 Å². The maximum absolute atomic E-state index is 10.8. The predicted molar refractivity (Wildman–Crippen MR) is 82.5 cm³/mol. The summed E-state index contributed by atoms with van der Waals surface area (Å²) in [5.74, 6) is 0. The minimum Gasteiger partial charge on any atom is -0.357 e. The Bertz CT molecular complexity index is 509. The van der Waals surface area contributed by atoms with Gasteiger partial charge in [-0.1, -0.05) is 66.7 Å². The van der Waals surface area contributed by atoms with Gasteiger partial charge in [-0.15, -0.1) is 6.58 Å². The number of allylic oxidation sites excluding steroid dienone is 1. The fraction of sp³-hybridized carbons (Fsp3) is 0.167. The highest BCUT2D eigenvalue weighted by Gasteiger charge is 2.32. The molecule has 0 fully saturated rings. The van der Waals surface area contributed by atoms with E-state index in [0.717, 1.165) is 12.8 Å². The third kappa shape index (κ3) is 2.80. The van der Waals surface area contributed by atoms with Gasteiger partial charge in [0.05, 0.1) is 0 Å². The molecule has 0 atom stereocenters. The highest BCUT2D eigenvalue weighted by molar-refractivity contribution is 5.49. The van der Waals surface area contributed by atoms with Crippen LogP contribution in [-0.2, 0) is 10.2 Å². The molecular formula is C18H19NO. The van der Waals surface area contributed by atoms with Crippen molar-refractivity contribution in [1.82, 2.24) is 5.32 Å². The van der Waals surface area contributed by atoms with E-state index in [2.05, 4.69) is 36.2 Å². The zero-order valence-corrected chi connectivity index (χ0v) is 11.5. The molecule has 0 heterocycles. The normalized spacial score (nSPS) is 10.8. The first-order valence-electron chi connectivity index (χ1n) is 6.72. The number of carbonyl (C=O) groups excluding carboxylic acids is 1. The molecular weight excluding hydrogens is 246 g/mol. The van der Waals surface area contributed by atoms with Crippen LogP contribution in [-0.4, -0.2) is 13.0 Å². The van der Waals surface area contributed by atoms with E-state index >= 15 is 0 Å². The van der Waals surface area contributed by atoms with E-state index in [0.29, 0.717) is 6.54 Å². The van der Waals surface area contributed by atoms with E-state index in [1.54, 1.807) is 0 Å². The Morgan fingerprint density at radius 1 is 0.950 bits per heavy atom. The number of hydrogen-bond donors (Lipinski definition) is 1. The highest BCUT2D eigenvalue weighted by atomic mass is 16.1. The maximum Gasteiger partial charge on any atom is 0.207 e. The van der Waals surface area contributed by atoms with Crippen LogP contribution in [0.1, 0.15) is 17.5 Å². The Labute approximate surface area is 120 Å². The molecule has 2 heteroatoms. The van der Waals surface area contributed by atoms with Crippen molar-refractivity contribution in [2.45, 2.75) is 11.8 Å². The van der Waals surface area contributed by atoms with E-state index < -0.39 is 0 Å². The molecule has 102 valence electrons. The van der Waals surface area contributed by atoms with Crippen molar-refractivity contribution in [2.75, 3.05) is 6.54 Å². The van der Waals surface area contributed by atoms with Crippen molar-refractivity contribution >= 4 is 6.41 Å². The molecule has 1 N–H and O–H groups in total. The quantitative estimate of drug-likeness (QED) is 0.604. The summed E-state index contributed by atoms with van der Waals surface area (Å²) in [6, 6.07) is 20.5. The topological polar surface area (TPSA) is 29.1 Å². The molecule has 0 unspecified atom stereocenters. The van der Waals surface area contributed by atoms with Gasteiger partial charge in [-0.3, -0.25) is 4.79 Å². The van der Waals surface area contributed by atoms with Crippen molar-refractivity contribution < 1.29 is 4.79 Å². The summed E-state index contributed by atoms with van der Waals surface area (Å²) in [6.45, 7) is 4.44. The summed E-state index contributed by atoms with van der Waals surface area (Å²) < 4.78 is 0. The van der Waals surface area contributed by atoms with Crippen LogP contribution in [0.3, 0.4) is 0 Å². The molecule has 1 amide bonds. The molecule has 0 aliphatic carbocycles. The van der Waals surface area contributed by atoms with Crippen molar-refractivity contribution in [3.63, 3.8) is 0 Å². The lowest BCUT2D eigenvalue weighted by molar-refractivity contribution is -0.109. The molecule has 0 saturated carbocycles. The fourth-order valence-electron chi connectivity index (χ4n) is 2.66. The molecule has 0 bridgehead atoms. The minimum atomic E-state index is -0.273. The zero-order chi connectivity index (χ0) is 14.3. The summed E-state index contributed by atoms with van der Waals surface area (Å²) in [4.78, 5) is 10.8. The number of benzene rings is 2. The van der Waals surface area contributed by atoms with E-state index in [-0.39, 0.29) is 5.41 Å². The Morgan fingerprint density at radius 3 is 1.85 bits per heavy atom. The van der Waals surface area contributed by atoms with Crippen LogP contribution in [0, 0.1) is 0 Å². The second-order valence-corrected chi connectivity index (χ2v) is 4.81. The first kappa shape index (κ1) is 14.1. The molecule has 0 spiro atoms. The first-order chi connectivity index (χ1) is 9.83. The second-order valence-electron chi connectivity index (χ2n) is 4.81. The fourth-order valence-corrected chi connectivity index (χ4v) is 2.66. The maximum atomic E-state index is 10.8. The van der Waals surface area contributed by atoms with Gasteiger partial charge in [-0.25, -0.2) is 0 Å². The van der Waals surface area contributed by atoms with Crippen LogP contribution in [0.25, 0.3) is 0 Å². The summed E-state index contributed by atoms with van der Waals surface area (Å²) in [5, 5.41) is 2.84. The Hall–Kier alpha value is -2.35. The molecule has 0 saturated heterocycles. The van der Waals surface area contributed by atoms with Crippen molar-refractivity contribution in [3.05, 3.63) is 84.4 Å². The molecule has 0 aromatic heterocycles. The highest BCUT2D eigenvalue weighted by Crippen LogP contribution is 2.35. The number of hydrogen-bond acceptors (Lipinski definition) is 1. The summed E-state index contributed by atoms with van der Waals surface area (Å²) in [6.07, 6.45) is 3.43. The Morgan fingerprint density at radius 2 is 1.45 bits per heavy atom. The van der Waals surface area contributed by atoms with Crippen LogP contribution < -0.4 is 5.32 Å². The molecule has 0 aliphatic heterocycles. The van der Waals surface area contributed by atoms with Gasteiger partial charge >= 0.3 is 0 Å². The van der Waals surface area contributed by atoms with Gasteiger partial charge in [0.1, 0.15) is 0 Å². The van der Waals surface area contributed by atoms with Crippen LogP contribution in [0.15, 0.2) is 73.3 Å². The van der Waals surface area contributed by atoms with Gasteiger partial charge in [-0.2, -0.15) is 0 Å². The lowest BCUT2D eigenvalue weighted by Gasteiger charge is -2.34. The van der Waals surface area contributed by atoms with Gasteiger partial charge < -0.3 is 5.32 Å². The largest absolute Gasteiger partial charge is 0.357 e. The van der Waals surface area contributed by atoms with Crippen molar-refractivity contribution in [2.24, 2.45) is 0 Å². The molecule has 0 aliphatic rings. The van der Waals surface area contributed by atoms with Crippen LogP contribution in [0.4, 0.5) is 0 Å². The lowest BCUT2D eigenvalue weighted by atomic mass is 9.72. The van der Waals surface area contributed by atoms with Gasteiger partial charge in [-0.05, 0) is 17.5 Å². The first-order valence-corrected chi connectivity index (χ1v) is 6.72. The molecule has 2 aromatic rings. The molecule has 20 heavy (non-hydrogen) atoms. The van der Waals surface area contributed by atoms with Crippen molar-refractivity contribution in [1.29, 1.82) is 0 Å². The van der Waals surface area contributed by atoms with Gasteiger partial charge in [0.2, 0.25) is 6.41 Å². The van der Waals surface area contributed by atoms with Crippen LogP contribution in [0.5, 0.6) is 0 Å². The second kappa shape index (κ2) is 6.71. The smallest absolute Gasteiger partial charge is 0.207 e. The summed E-state index contributed by atoms with van der Waals surface area (Å²) >= 11 is 0. The standard InChI is InChI=1S/C18H19NO/c1-2-13-18(14-19-15-20,16-9-5-3-6-10-16)17-11-7-4-8-12-17/h2-12,15H,1,13-14H2,(H,19,20). The third-order valence-electron chi connectivity index (χ3n) is 3.63. The van der Waals surface area contributed by atoms with Gasteiger partial charge in [0.15, 0.2) is 0 Å². The molecule has 0 radical (unpaired) electrons. The minimum absolute atomic E-state index is 0.273. The molecule has 2 nitrogen and oxygen atoms in total. The van der Waals surface area contributed by atoms with Crippen molar-refractivity contribution in [3.8, 4) is 0 Å². The average Bonchev–Trinajstić information content (AvgIpc) is 2.53. The zero-order valence-electron chi connectivity index (χ0n) is 11.5. The van der Waals surface area contributed by atoms with Gasteiger partial charge in [0, 0.05) is 12.0 Å². The summed E-state index contributed by atoms with van der Waals surface area (Å²) in [5.41, 5.74) is 2.09. The SMILES string of the molecule is C=CCC(CNC=O)(c1ccccc1)c1ccccc1. The van der Waals surface area contributed by atoms with Crippen LogP contribution in [0.2, 0.25) is 0 Å². The van der Waals surface area contributed by atoms with Crippen LogP contribution >= 0.6 is 0 Å². The molecule has 2 rings (SSSR count). The Balaban J connectivity index is 2.55. The lowest BCUT2D eigenvalue weighted by Crippen LogP contribution is -2.38. The predicted octanol–water partition coefficient (Wildman–Crippen LogP) is 3.29. The summed E-state index contributed by atoms with van der Waals surface area (Å²) in [7, 11) is 0. The monoisotopic (exact) mass is 265 g/mol. The number of rotatable bonds is 7. The van der Waals surface area contributed by atoms with E-state index in [1.807, 2.05) is 42.5 Å². The van der Waals surface area contributed by atoms with E-state index in [9.17, 15) is 4.79 Å². The molecule has 2 aromatic carbocycles. The number of amides is 1. The number of carbonyl (C=O) groups is 1. The van der Waals surface area contributed by atoms with E-state index in [1.165, 1.54) is 11.1 Å². The Kier molecular flexibility index (Phi) is 4.72. The third-order valence-corrected chi connectivity index (χ3v) is 3.63. The van der Waals surface area contributed by atoms with Gasteiger partial charge in [0.25, 0.3) is 0 Å². The number of nitrogens with one attached hydrogen (secondary N) is 1.